The van der Waals surface area contributed by atoms with Crippen molar-refractivity contribution in [3.63, 3.8) is 0 Å². The van der Waals surface area contributed by atoms with Crippen molar-refractivity contribution in [1.29, 1.82) is 0 Å². The van der Waals surface area contributed by atoms with E-state index in [-0.39, 0.29) is 5.91 Å². The minimum absolute atomic E-state index is 0.00248. The molecule has 2 rings (SSSR count). The summed E-state index contributed by atoms with van der Waals surface area (Å²) in [6.07, 6.45) is 7.17. The van der Waals surface area contributed by atoms with E-state index in [0.717, 1.165) is 24.1 Å². The normalized spacial score (nSPS) is 14.9. The number of nitrogens with one attached hydrogen (secondary N) is 2. The van der Waals surface area contributed by atoms with E-state index in [9.17, 15) is 4.79 Å². The Labute approximate surface area is 102 Å². The average molecular weight is 230 g/mol. The van der Waals surface area contributed by atoms with Crippen molar-refractivity contribution in [2.45, 2.75) is 32.1 Å². The Hall–Kier alpha value is -1.77. The van der Waals surface area contributed by atoms with Crippen LogP contribution in [0.25, 0.3) is 0 Å². The highest BCUT2D eigenvalue weighted by atomic mass is 16.2. The zero-order chi connectivity index (χ0) is 11.9. The summed E-state index contributed by atoms with van der Waals surface area (Å²) in [5.41, 5.74) is 7.92. The number of carbonyl (C=O) groups is 1. The summed E-state index contributed by atoms with van der Waals surface area (Å²) < 4.78 is 0. The van der Waals surface area contributed by atoms with Crippen LogP contribution in [0.4, 0.5) is 0 Å². The van der Waals surface area contributed by atoms with Gasteiger partial charge in [0.1, 0.15) is 0 Å². The fraction of sp³-hybridized carbons (Fsp3) is 0.357. The lowest BCUT2D eigenvalue weighted by Gasteiger charge is -2.15. The van der Waals surface area contributed by atoms with Crippen LogP contribution in [0.3, 0.4) is 0 Å². The molecule has 0 saturated carbocycles. The van der Waals surface area contributed by atoms with Gasteiger partial charge in [0.25, 0.3) is 0 Å². The Morgan fingerprint density at radius 1 is 1.18 bits per heavy atom. The Balaban J connectivity index is 1.76. The topological polar surface area (TPSA) is 41.1 Å². The number of rotatable bonds is 4. The highest BCUT2D eigenvalue weighted by Crippen LogP contribution is 2.13. The average Bonchev–Trinajstić information content (AvgIpc) is 2.39. The first-order valence-corrected chi connectivity index (χ1v) is 6.12. The SMILES string of the molecule is O=C(Cc1ccccc1)NNC1=CCCCC1. The van der Waals surface area contributed by atoms with Gasteiger partial charge in [0.15, 0.2) is 0 Å². The summed E-state index contributed by atoms with van der Waals surface area (Å²) in [7, 11) is 0. The number of hydrogen-bond donors (Lipinski definition) is 2. The molecule has 2 N–H and O–H groups in total. The van der Waals surface area contributed by atoms with E-state index in [2.05, 4.69) is 16.9 Å². The van der Waals surface area contributed by atoms with E-state index in [1.165, 1.54) is 12.8 Å². The van der Waals surface area contributed by atoms with Crippen molar-refractivity contribution in [3.05, 3.63) is 47.7 Å². The van der Waals surface area contributed by atoms with Gasteiger partial charge in [-0.05, 0) is 31.2 Å². The zero-order valence-corrected chi connectivity index (χ0v) is 9.91. The molecule has 0 radical (unpaired) electrons. The van der Waals surface area contributed by atoms with Crippen LogP contribution in [-0.2, 0) is 11.2 Å². The van der Waals surface area contributed by atoms with E-state index in [1.807, 2.05) is 30.3 Å². The monoisotopic (exact) mass is 230 g/mol. The Morgan fingerprint density at radius 2 is 2.00 bits per heavy atom. The lowest BCUT2D eigenvalue weighted by molar-refractivity contribution is -0.121. The summed E-state index contributed by atoms with van der Waals surface area (Å²) in [5, 5.41) is 0. The van der Waals surface area contributed by atoms with Crippen LogP contribution in [0.5, 0.6) is 0 Å². The van der Waals surface area contributed by atoms with Crippen molar-refractivity contribution in [2.75, 3.05) is 0 Å². The maximum Gasteiger partial charge on any atom is 0.242 e. The molecule has 0 atom stereocenters. The van der Waals surface area contributed by atoms with Gasteiger partial charge in [-0.2, -0.15) is 0 Å². The molecular formula is C14H18N2O. The largest absolute Gasteiger partial charge is 0.303 e. The molecule has 0 aliphatic heterocycles. The third-order valence-corrected chi connectivity index (χ3v) is 2.86. The smallest absolute Gasteiger partial charge is 0.242 e. The first kappa shape index (κ1) is 11.7. The summed E-state index contributed by atoms with van der Waals surface area (Å²) in [6.45, 7) is 0. The molecule has 0 heterocycles. The molecule has 0 bridgehead atoms. The number of hydrogen-bond acceptors (Lipinski definition) is 2. The molecule has 1 aromatic rings. The van der Waals surface area contributed by atoms with Crippen LogP contribution in [0.15, 0.2) is 42.1 Å². The molecular weight excluding hydrogens is 212 g/mol. The lowest BCUT2D eigenvalue weighted by atomic mass is 10.1. The van der Waals surface area contributed by atoms with Gasteiger partial charge in [-0.15, -0.1) is 0 Å². The van der Waals surface area contributed by atoms with Gasteiger partial charge in [-0.1, -0.05) is 36.4 Å². The molecule has 1 amide bonds. The molecule has 3 heteroatoms. The van der Waals surface area contributed by atoms with Crippen LogP contribution < -0.4 is 10.9 Å². The zero-order valence-electron chi connectivity index (χ0n) is 9.91. The molecule has 0 saturated heterocycles. The van der Waals surface area contributed by atoms with Crippen LogP contribution in [0.2, 0.25) is 0 Å². The number of amides is 1. The van der Waals surface area contributed by atoms with Gasteiger partial charge in [0, 0.05) is 5.70 Å². The summed E-state index contributed by atoms with van der Waals surface area (Å²) >= 11 is 0. The molecule has 3 nitrogen and oxygen atoms in total. The minimum atomic E-state index is 0.00248. The standard InChI is InChI=1S/C14H18N2O/c17-14(11-12-7-3-1-4-8-12)16-15-13-9-5-2-6-10-13/h1,3-4,7-9,15H,2,5-6,10-11H2,(H,16,17). The molecule has 0 aromatic heterocycles. The van der Waals surface area contributed by atoms with E-state index in [4.69, 9.17) is 0 Å². The second kappa shape index (κ2) is 6.09. The molecule has 0 fully saturated rings. The molecule has 0 spiro atoms. The minimum Gasteiger partial charge on any atom is -0.303 e. The van der Waals surface area contributed by atoms with Gasteiger partial charge < -0.3 is 5.43 Å². The summed E-state index contributed by atoms with van der Waals surface area (Å²) in [4.78, 5) is 11.7. The fourth-order valence-electron chi connectivity index (χ4n) is 1.93. The quantitative estimate of drug-likeness (QED) is 0.779. The number of benzene rings is 1. The second-order valence-electron chi connectivity index (χ2n) is 4.31. The third kappa shape index (κ3) is 3.94. The van der Waals surface area contributed by atoms with Crippen LogP contribution in [-0.4, -0.2) is 5.91 Å². The number of carbonyl (C=O) groups excluding carboxylic acids is 1. The highest BCUT2D eigenvalue weighted by molar-refractivity contribution is 5.78. The molecule has 1 aliphatic carbocycles. The van der Waals surface area contributed by atoms with Gasteiger partial charge >= 0.3 is 0 Å². The Kier molecular flexibility index (Phi) is 4.19. The van der Waals surface area contributed by atoms with E-state index in [1.54, 1.807) is 0 Å². The molecule has 17 heavy (non-hydrogen) atoms. The van der Waals surface area contributed by atoms with Gasteiger partial charge in [0.2, 0.25) is 5.91 Å². The van der Waals surface area contributed by atoms with E-state index < -0.39 is 0 Å². The Morgan fingerprint density at radius 3 is 2.71 bits per heavy atom. The van der Waals surface area contributed by atoms with Crippen molar-refractivity contribution in [2.24, 2.45) is 0 Å². The fourth-order valence-corrected chi connectivity index (χ4v) is 1.93. The summed E-state index contributed by atoms with van der Waals surface area (Å²) in [5.74, 6) is 0.00248. The third-order valence-electron chi connectivity index (χ3n) is 2.86. The molecule has 0 unspecified atom stereocenters. The lowest BCUT2D eigenvalue weighted by Crippen LogP contribution is -2.38. The predicted octanol–water partition coefficient (Wildman–Crippen LogP) is 2.31. The van der Waals surface area contributed by atoms with Crippen molar-refractivity contribution in [3.8, 4) is 0 Å². The first-order chi connectivity index (χ1) is 8.34. The van der Waals surface area contributed by atoms with Crippen LogP contribution >= 0.6 is 0 Å². The Bertz CT molecular complexity index is 398. The van der Waals surface area contributed by atoms with Gasteiger partial charge in [0.05, 0.1) is 6.42 Å². The molecule has 90 valence electrons. The highest BCUT2D eigenvalue weighted by Gasteiger charge is 2.05. The first-order valence-electron chi connectivity index (χ1n) is 6.12. The van der Waals surface area contributed by atoms with Crippen molar-refractivity contribution in [1.82, 2.24) is 10.9 Å². The molecule has 1 aliphatic rings. The van der Waals surface area contributed by atoms with E-state index >= 15 is 0 Å². The van der Waals surface area contributed by atoms with Gasteiger partial charge in [-0.25, -0.2) is 0 Å². The van der Waals surface area contributed by atoms with E-state index in [0.29, 0.717) is 6.42 Å². The maximum absolute atomic E-state index is 11.7. The van der Waals surface area contributed by atoms with Crippen molar-refractivity contribution >= 4 is 5.91 Å². The van der Waals surface area contributed by atoms with Crippen LogP contribution in [0.1, 0.15) is 31.2 Å². The molecule has 1 aromatic carbocycles. The maximum atomic E-state index is 11.7. The number of allylic oxidation sites excluding steroid dienone is 2. The number of hydrazine groups is 1. The second-order valence-corrected chi connectivity index (χ2v) is 4.31. The van der Waals surface area contributed by atoms with Crippen molar-refractivity contribution < 1.29 is 4.79 Å². The summed E-state index contributed by atoms with van der Waals surface area (Å²) in [6, 6.07) is 9.75. The van der Waals surface area contributed by atoms with Crippen LogP contribution in [0, 0.1) is 0 Å². The van der Waals surface area contributed by atoms with Gasteiger partial charge in [-0.3, -0.25) is 10.2 Å². The predicted molar refractivity (Wildman–Crippen MR) is 68.0 cm³/mol.